The molecule has 0 heterocycles. The van der Waals surface area contributed by atoms with Gasteiger partial charge in [-0.25, -0.2) is 0 Å². The highest BCUT2D eigenvalue weighted by Gasteiger charge is 2.52. The first-order chi connectivity index (χ1) is 12.8. The van der Waals surface area contributed by atoms with Gasteiger partial charge in [-0.2, -0.15) is 0 Å². The van der Waals surface area contributed by atoms with Gasteiger partial charge in [0.15, 0.2) is 0 Å². The van der Waals surface area contributed by atoms with E-state index in [4.69, 9.17) is 0 Å². The number of hydrogen-bond acceptors (Lipinski definition) is 2. The largest absolute Gasteiger partial charge is 0.481 e. The van der Waals surface area contributed by atoms with Gasteiger partial charge in [0.25, 0.3) is 0 Å². The third kappa shape index (κ3) is 7.46. The Kier molecular flexibility index (Phi) is 11.0. The van der Waals surface area contributed by atoms with Crippen molar-refractivity contribution in [1.82, 2.24) is 0 Å². The van der Waals surface area contributed by atoms with Crippen LogP contribution >= 0.6 is 0 Å². The standard InChI is InChI=1S/C23H42O4/c1-4-5-6-7-8-9-10-15-20-19(21(24)25)14-12-17-23(20,22(26)27)16-11-13-18(2)3/h18-20H,4-17H2,1-3H3,(H,24,25)(H,26,27). The van der Waals surface area contributed by atoms with Crippen LogP contribution in [0.5, 0.6) is 0 Å². The Bertz CT molecular complexity index is 446. The Morgan fingerprint density at radius 2 is 1.63 bits per heavy atom. The molecule has 0 amide bonds. The third-order valence-electron chi connectivity index (χ3n) is 6.60. The lowest BCUT2D eigenvalue weighted by atomic mass is 9.58. The highest BCUT2D eigenvalue weighted by molar-refractivity contribution is 5.78. The number of aliphatic carboxylic acids is 2. The van der Waals surface area contributed by atoms with Gasteiger partial charge in [-0.3, -0.25) is 9.59 Å². The number of rotatable bonds is 14. The highest BCUT2D eigenvalue weighted by Crippen LogP contribution is 2.50. The van der Waals surface area contributed by atoms with Gasteiger partial charge in [0.05, 0.1) is 11.3 Å². The minimum atomic E-state index is -0.835. The van der Waals surface area contributed by atoms with Crippen LogP contribution in [0.1, 0.15) is 111 Å². The summed E-state index contributed by atoms with van der Waals surface area (Å²) in [6.07, 6.45) is 13.5. The summed E-state index contributed by atoms with van der Waals surface area (Å²) in [4.78, 5) is 24.2. The molecule has 0 aromatic carbocycles. The van der Waals surface area contributed by atoms with Gasteiger partial charge in [-0.1, -0.05) is 85.0 Å². The molecule has 0 radical (unpaired) electrons. The van der Waals surface area contributed by atoms with Crippen molar-refractivity contribution < 1.29 is 19.8 Å². The Balaban J connectivity index is 2.76. The van der Waals surface area contributed by atoms with Crippen LogP contribution in [-0.4, -0.2) is 22.2 Å². The van der Waals surface area contributed by atoms with Crippen molar-refractivity contribution in [2.75, 3.05) is 0 Å². The minimum Gasteiger partial charge on any atom is -0.481 e. The molecular formula is C23H42O4. The highest BCUT2D eigenvalue weighted by atomic mass is 16.4. The first-order valence-electron chi connectivity index (χ1n) is 11.3. The fraction of sp³-hybridized carbons (Fsp3) is 0.913. The van der Waals surface area contributed by atoms with E-state index in [9.17, 15) is 19.8 Å². The summed E-state index contributed by atoms with van der Waals surface area (Å²) < 4.78 is 0. The van der Waals surface area contributed by atoms with Gasteiger partial charge in [-0.15, -0.1) is 0 Å². The molecule has 1 aliphatic rings. The summed E-state index contributed by atoms with van der Waals surface area (Å²) in [7, 11) is 0. The Morgan fingerprint density at radius 3 is 2.19 bits per heavy atom. The molecule has 3 unspecified atom stereocenters. The van der Waals surface area contributed by atoms with Crippen molar-refractivity contribution in [3.63, 3.8) is 0 Å². The summed E-state index contributed by atoms with van der Waals surface area (Å²) in [6, 6.07) is 0. The molecule has 0 aliphatic heterocycles. The van der Waals surface area contributed by atoms with E-state index in [0.717, 1.165) is 38.5 Å². The van der Waals surface area contributed by atoms with Crippen molar-refractivity contribution in [3.8, 4) is 0 Å². The summed E-state index contributed by atoms with van der Waals surface area (Å²) >= 11 is 0. The van der Waals surface area contributed by atoms with E-state index in [2.05, 4.69) is 20.8 Å². The average molecular weight is 383 g/mol. The SMILES string of the molecule is CCCCCCCCCC1C(C(=O)O)CCCC1(CCCC(C)C)C(=O)O. The van der Waals surface area contributed by atoms with Crippen LogP contribution in [0.2, 0.25) is 0 Å². The number of hydrogen-bond donors (Lipinski definition) is 2. The summed E-state index contributed by atoms with van der Waals surface area (Å²) in [5.74, 6) is -1.71. The van der Waals surface area contributed by atoms with E-state index in [-0.39, 0.29) is 5.92 Å². The van der Waals surface area contributed by atoms with Gasteiger partial charge in [-0.05, 0) is 37.5 Å². The molecule has 0 saturated heterocycles. The van der Waals surface area contributed by atoms with Crippen LogP contribution in [0, 0.1) is 23.2 Å². The van der Waals surface area contributed by atoms with E-state index >= 15 is 0 Å². The smallest absolute Gasteiger partial charge is 0.309 e. The fourth-order valence-corrected chi connectivity index (χ4v) is 5.01. The molecule has 3 atom stereocenters. The zero-order valence-corrected chi connectivity index (χ0v) is 17.8. The second-order valence-corrected chi connectivity index (χ2v) is 9.10. The zero-order valence-electron chi connectivity index (χ0n) is 17.8. The molecule has 1 aliphatic carbocycles. The predicted molar refractivity (Wildman–Crippen MR) is 110 cm³/mol. The second kappa shape index (κ2) is 12.4. The van der Waals surface area contributed by atoms with Crippen LogP contribution in [0.4, 0.5) is 0 Å². The lowest BCUT2D eigenvalue weighted by Crippen LogP contribution is -2.47. The number of carboxylic acid groups (broad SMARTS) is 2. The molecule has 0 spiro atoms. The Morgan fingerprint density at radius 1 is 1.00 bits per heavy atom. The van der Waals surface area contributed by atoms with Gasteiger partial charge in [0.2, 0.25) is 0 Å². The molecular weight excluding hydrogens is 340 g/mol. The van der Waals surface area contributed by atoms with E-state index in [0.29, 0.717) is 25.2 Å². The fourth-order valence-electron chi connectivity index (χ4n) is 5.01. The van der Waals surface area contributed by atoms with Gasteiger partial charge < -0.3 is 10.2 Å². The summed E-state index contributed by atoms with van der Waals surface area (Å²) in [5.41, 5.74) is -0.835. The molecule has 1 saturated carbocycles. The average Bonchev–Trinajstić information content (AvgIpc) is 2.60. The first-order valence-corrected chi connectivity index (χ1v) is 11.3. The Labute approximate surface area is 166 Å². The topological polar surface area (TPSA) is 74.6 Å². The molecule has 27 heavy (non-hydrogen) atoms. The van der Waals surface area contributed by atoms with Gasteiger partial charge in [0, 0.05) is 0 Å². The van der Waals surface area contributed by atoms with Crippen LogP contribution in [0.15, 0.2) is 0 Å². The maximum absolute atomic E-state index is 12.3. The van der Waals surface area contributed by atoms with E-state index in [1.165, 1.54) is 32.1 Å². The lowest BCUT2D eigenvalue weighted by molar-refractivity contribution is -0.164. The normalized spacial score (nSPS) is 25.6. The lowest BCUT2D eigenvalue weighted by Gasteiger charge is -2.44. The van der Waals surface area contributed by atoms with E-state index < -0.39 is 23.3 Å². The van der Waals surface area contributed by atoms with Crippen LogP contribution in [0.3, 0.4) is 0 Å². The molecule has 158 valence electrons. The summed E-state index contributed by atoms with van der Waals surface area (Å²) in [5, 5.41) is 19.9. The summed E-state index contributed by atoms with van der Waals surface area (Å²) in [6.45, 7) is 6.52. The van der Waals surface area contributed by atoms with E-state index in [1.807, 2.05) is 0 Å². The molecule has 1 rings (SSSR count). The third-order valence-corrected chi connectivity index (χ3v) is 6.60. The van der Waals surface area contributed by atoms with Crippen molar-refractivity contribution in [2.24, 2.45) is 23.2 Å². The monoisotopic (exact) mass is 382 g/mol. The Hall–Kier alpha value is -1.06. The maximum atomic E-state index is 12.3. The van der Waals surface area contributed by atoms with Crippen molar-refractivity contribution in [2.45, 2.75) is 111 Å². The van der Waals surface area contributed by atoms with Crippen LogP contribution in [-0.2, 0) is 9.59 Å². The van der Waals surface area contributed by atoms with Crippen molar-refractivity contribution in [3.05, 3.63) is 0 Å². The molecule has 1 fully saturated rings. The zero-order chi connectivity index (χ0) is 20.3. The molecule has 0 bridgehead atoms. The van der Waals surface area contributed by atoms with Crippen molar-refractivity contribution in [1.29, 1.82) is 0 Å². The minimum absolute atomic E-state index is 0.218. The van der Waals surface area contributed by atoms with Crippen LogP contribution < -0.4 is 0 Å². The molecule has 0 aromatic rings. The molecule has 4 nitrogen and oxygen atoms in total. The quantitative estimate of drug-likeness (QED) is 0.335. The van der Waals surface area contributed by atoms with Crippen LogP contribution in [0.25, 0.3) is 0 Å². The second-order valence-electron chi connectivity index (χ2n) is 9.10. The van der Waals surface area contributed by atoms with Gasteiger partial charge in [0.1, 0.15) is 0 Å². The van der Waals surface area contributed by atoms with Gasteiger partial charge >= 0.3 is 11.9 Å². The number of carbonyl (C=O) groups is 2. The van der Waals surface area contributed by atoms with Crippen molar-refractivity contribution >= 4 is 11.9 Å². The van der Waals surface area contributed by atoms with E-state index in [1.54, 1.807) is 0 Å². The molecule has 2 N–H and O–H groups in total. The predicted octanol–water partition coefficient (Wildman–Crippen LogP) is 6.53. The maximum Gasteiger partial charge on any atom is 0.309 e. The molecule has 0 aromatic heterocycles. The number of unbranched alkanes of at least 4 members (excludes halogenated alkanes) is 6. The number of carboxylic acids is 2. The first kappa shape index (κ1) is 24.0. The molecule has 4 heteroatoms.